The molecule has 0 aliphatic carbocycles. The number of piperidine rings is 1. The maximum Gasteiger partial charge on any atom is 0.255 e. The van der Waals surface area contributed by atoms with E-state index in [0.29, 0.717) is 6.54 Å². The second-order valence-corrected chi connectivity index (χ2v) is 9.45. The highest BCUT2D eigenvalue weighted by molar-refractivity contribution is 7.89. The number of halogens is 1. The molecule has 0 bridgehead atoms. The molecule has 0 spiro atoms. The fraction of sp³-hybridized carbons (Fsp3) is 0.273. The minimum Gasteiger partial charge on any atom is -0.322 e. The van der Waals surface area contributed by atoms with Crippen molar-refractivity contribution in [3.05, 3.63) is 72.3 Å². The van der Waals surface area contributed by atoms with Crippen molar-refractivity contribution in [3.8, 4) is 5.69 Å². The number of anilines is 1. The van der Waals surface area contributed by atoms with Crippen molar-refractivity contribution in [2.75, 3.05) is 11.9 Å². The highest BCUT2D eigenvalue weighted by Crippen LogP contribution is 2.26. The Morgan fingerprint density at radius 1 is 1.16 bits per heavy atom. The number of hydrogen-bond acceptors (Lipinski definition) is 4. The summed E-state index contributed by atoms with van der Waals surface area (Å²) in [4.78, 5) is 12.8. The number of carbonyl (C=O) groups is 1. The van der Waals surface area contributed by atoms with E-state index in [4.69, 9.17) is 0 Å². The van der Waals surface area contributed by atoms with Crippen LogP contribution in [0.3, 0.4) is 0 Å². The van der Waals surface area contributed by atoms with Crippen LogP contribution >= 0.6 is 0 Å². The first-order valence-electron chi connectivity index (χ1n) is 10.1. The third-order valence-corrected chi connectivity index (χ3v) is 7.41. The highest BCUT2D eigenvalue weighted by Gasteiger charge is 2.31. The molecule has 1 aliphatic rings. The summed E-state index contributed by atoms with van der Waals surface area (Å²) in [7, 11) is -3.69. The molecule has 1 fully saturated rings. The van der Waals surface area contributed by atoms with Crippen LogP contribution in [0.1, 0.15) is 36.5 Å². The van der Waals surface area contributed by atoms with Crippen molar-refractivity contribution < 1.29 is 17.6 Å². The van der Waals surface area contributed by atoms with Crippen molar-refractivity contribution in [1.82, 2.24) is 14.1 Å². The number of sulfonamides is 1. The molecule has 1 amide bonds. The smallest absolute Gasteiger partial charge is 0.255 e. The van der Waals surface area contributed by atoms with Crippen LogP contribution < -0.4 is 5.32 Å². The third kappa shape index (κ3) is 4.38. The SMILES string of the molecule is CC1CCCCN1S(=O)(=O)c1cccc(C(=O)Nc2ccc(-n3cccn3)c(F)c2)c1. The van der Waals surface area contributed by atoms with Gasteiger partial charge in [0.25, 0.3) is 5.91 Å². The lowest BCUT2D eigenvalue weighted by Crippen LogP contribution is -2.41. The molecule has 1 aromatic heterocycles. The zero-order chi connectivity index (χ0) is 22.0. The van der Waals surface area contributed by atoms with Gasteiger partial charge in [-0.25, -0.2) is 17.5 Å². The average molecular weight is 443 g/mol. The number of hydrogen-bond donors (Lipinski definition) is 1. The molecular weight excluding hydrogens is 419 g/mol. The zero-order valence-corrected chi connectivity index (χ0v) is 17.8. The number of carbonyl (C=O) groups excluding carboxylic acids is 1. The molecule has 1 saturated heterocycles. The Morgan fingerprint density at radius 2 is 2.00 bits per heavy atom. The Bertz CT molecular complexity index is 1200. The minimum atomic E-state index is -3.69. The molecule has 0 radical (unpaired) electrons. The van der Waals surface area contributed by atoms with Crippen LogP contribution in [-0.2, 0) is 10.0 Å². The van der Waals surface area contributed by atoms with E-state index in [1.807, 2.05) is 6.92 Å². The average Bonchev–Trinajstić information content (AvgIpc) is 3.28. The van der Waals surface area contributed by atoms with Gasteiger partial charge in [-0.3, -0.25) is 4.79 Å². The second-order valence-electron chi connectivity index (χ2n) is 7.56. The molecule has 7 nitrogen and oxygen atoms in total. The van der Waals surface area contributed by atoms with Gasteiger partial charge in [-0.15, -0.1) is 0 Å². The first-order chi connectivity index (χ1) is 14.9. The molecule has 0 saturated carbocycles. The lowest BCUT2D eigenvalue weighted by atomic mass is 10.1. The number of nitrogens with zero attached hydrogens (tertiary/aromatic N) is 3. The summed E-state index contributed by atoms with van der Waals surface area (Å²) in [6, 6.07) is 11.8. The predicted molar refractivity (Wildman–Crippen MR) is 115 cm³/mol. The Hall–Kier alpha value is -3.04. The highest BCUT2D eigenvalue weighted by atomic mass is 32.2. The van der Waals surface area contributed by atoms with E-state index in [-0.39, 0.29) is 27.9 Å². The van der Waals surface area contributed by atoms with E-state index >= 15 is 0 Å². The van der Waals surface area contributed by atoms with Gasteiger partial charge >= 0.3 is 0 Å². The molecule has 1 N–H and O–H groups in total. The topological polar surface area (TPSA) is 84.3 Å². The van der Waals surface area contributed by atoms with Gasteiger partial charge in [-0.1, -0.05) is 12.5 Å². The summed E-state index contributed by atoms with van der Waals surface area (Å²) in [5.74, 6) is -1.06. The monoisotopic (exact) mass is 442 g/mol. The number of nitrogens with one attached hydrogen (secondary N) is 1. The molecule has 162 valence electrons. The van der Waals surface area contributed by atoms with Crippen LogP contribution in [0.4, 0.5) is 10.1 Å². The summed E-state index contributed by atoms with van der Waals surface area (Å²) < 4.78 is 43.4. The second kappa shape index (κ2) is 8.60. The molecule has 4 rings (SSSR count). The maximum absolute atomic E-state index is 14.4. The fourth-order valence-corrected chi connectivity index (χ4v) is 5.49. The summed E-state index contributed by atoms with van der Waals surface area (Å²) in [5.41, 5.74) is 0.699. The van der Waals surface area contributed by atoms with Crippen LogP contribution in [0.2, 0.25) is 0 Å². The van der Waals surface area contributed by atoms with Gasteiger partial charge in [0.05, 0.1) is 4.90 Å². The van der Waals surface area contributed by atoms with E-state index in [1.165, 1.54) is 45.4 Å². The summed E-state index contributed by atoms with van der Waals surface area (Å²) in [6.07, 6.45) is 5.81. The summed E-state index contributed by atoms with van der Waals surface area (Å²) in [6.45, 7) is 2.37. The largest absolute Gasteiger partial charge is 0.322 e. The van der Waals surface area contributed by atoms with Crippen LogP contribution in [0.15, 0.2) is 65.8 Å². The number of benzene rings is 2. The van der Waals surface area contributed by atoms with Gasteiger partial charge in [-0.2, -0.15) is 9.40 Å². The number of amides is 1. The van der Waals surface area contributed by atoms with Crippen LogP contribution in [0.5, 0.6) is 0 Å². The summed E-state index contributed by atoms with van der Waals surface area (Å²) >= 11 is 0. The van der Waals surface area contributed by atoms with Gasteiger partial charge in [0.1, 0.15) is 5.69 Å². The molecule has 2 heterocycles. The van der Waals surface area contributed by atoms with Gasteiger partial charge in [0, 0.05) is 36.2 Å². The Morgan fingerprint density at radius 3 is 2.71 bits per heavy atom. The van der Waals surface area contributed by atoms with Crippen molar-refractivity contribution in [3.63, 3.8) is 0 Å². The van der Waals surface area contributed by atoms with Crippen LogP contribution in [0, 0.1) is 5.82 Å². The fourth-order valence-electron chi connectivity index (χ4n) is 3.75. The third-order valence-electron chi connectivity index (χ3n) is 5.40. The molecule has 3 aromatic rings. The van der Waals surface area contributed by atoms with Crippen molar-refractivity contribution in [2.45, 2.75) is 37.1 Å². The lowest BCUT2D eigenvalue weighted by molar-refractivity contribution is 0.102. The quantitative estimate of drug-likeness (QED) is 0.651. The Kier molecular flexibility index (Phi) is 5.88. The van der Waals surface area contributed by atoms with Gasteiger partial charge in [-0.05, 0) is 62.2 Å². The van der Waals surface area contributed by atoms with Crippen molar-refractivity contribution in [1.29, 1.82) is 0 Å². The van der Waals surface area contributed by atoms with E-state index in [2.05, 4.69) is 10.4 Å². The van der Waals surface area contributed by atoms with Gasteiger partial charge < -0.3 is 5.32 Å². The normalized spacial score (nSPS) is 17.4. The molecule has 2 aromatic carbocycles. The standard InChI is InChI=1S/C22H23FN4O3S/c1-16-6-2-3-13-27(16)31(29,30)19-8-4-7-17(14-19)22(28)25-18-9-10-21(20(23)15-18)26-12-5-11-24-26/h4-5,7-12,14-16H,2-3,6,13H2,1H3,(H,25,28). The maximum atomic E-state index is 14.4. The Labute approximate surface area is 180 Å². The van der Waals surface area contributed by atoms with E-state index < -0.39 is 21.7 Å². The summed E-state index contributed by atoms with van der Waals surface area (Å²) in [5, 5.41) is 6.61. The molecule has 1 aliphatic heterocycles. The molecular formula is C22H23FN4O3S. The van der Waals surface area contributed by atoms with Crippen LogP contribution in [0.25, 0.3) is 5.69 Å². The first-order valence-corrected chi connectivity index (χ1v) is 11.5. The zero-order valence-electron chi connectivity index (χ0n) is 17.0. The van der Waals surface area contributed by atoms with Crippen molar-refractivity contribution >= 4 is 21.6 Å². The van der Waals surface area contributed by atoms with Crippen LogP contribution in [-0.4, -0.2) is 41.0 Å². The number of aromatic nitrogens is 2. The van der Waals surface area contributed by atoms with Crippen molar-refractivity contribution in [2.24, 2.45) is 0 Å². The number of rotatable bonds is 5. The molecule has 1 unspecified atom stereocenters. The molecule has 9 heteroatoms. The minimum absolute atomic E-state index is 0.0764. The van der Waals surface area contributed by atoms with Gasteiger partial charge in [0.15, 0.2) is 5.82 Å². The first kappa shape index (κ1) is 21.2. The van der Waals surface area contributed by atoms with E-state index in [9.17, 15) is 17.6 Å². The lowest BCUT2D eigenvalue weighted by Gasteiger charge is -2.32. The van der Waals surface area contributed by atoms with E-state index in [0.717, 1.165) is 19.3 Å². The Balaban J connectivity index is 1.54. The van der Waals surface area contributed by atoms with E-state index in [1.54, 1.807) is 24.5 Å². The molecule has 31 heavy (non-hydrogen) atoms. The van der Waals surface area contributed by atoms with Gasteiger partial charge in [0.2, 0.25) is 10.0 Å². The predicted octanol–water partition coefficient (Wildman–Crippen LogP) is 3.83. The molecule has 1 atom stereocenters.